The highest BCUT2D eigenvalue weighted by molar-refractivity contribution is 5.34. The summed E-state index contributed by atoms with van der Waals surface area (Å²) in [7, 11) is 0. The molecule has 5 aliphatic carbocycles. The molecular weight excluding hydrogens is 969 g/mol. The topological polar surface area (TPSA) is 317 Å². The van der Waals surface area contributed by atoms with E-state index in [1.165, 1.54) is 12.5 Å². The van der Waals surface area contributed by atoms with Gasteiger partial charge in [0, 0.05) is 5.92 Å². The number of ether oxygens (including phenoxy) is 8. The number of fused-ring (bicyclic) bond motifs is 7. The number of hydrogen-bond donors (Lipinski definition) is 12. The number of hydrogen-bond acceptors (Lipinski definition) is 20. The fraction of sp³-hybridized carbons (Fsp3) is 0.963. The van der Waals surface area contributed by atoms with E-state index < -0.39 is 154 Å². The highest BCUT2D eigenvalue weighted by Gasteiger charge is 2.69. The van der Waals surface area contributed by atoms with Gasteiger partial charge in [-0.1, -0.05) is 67.0 Å². The van der Waals surface area contributed by atoms with Crippen molar-refractivity contribution in [3.05, 3.63) is 11.6 Å². The second kappa shape index (κ2) is 20.8. The number of aliphatic hydroxyl groups excluding tert-OH is 11. The molecule has 0 bridgehead atoms. The second-order valence-corrected chi connectivity index (χ2v) is 25.8. The van der Waals surface area contributed by atoms with Crippen LogP contribution in [0.25, 0.3) is 0 Å². The monoisotopic (exact) mass is 1060 g/mol. The van der Waals surface area contributed by atoms with Gasteiger partial charge < -0.3 is 99.2 Å². The zero-order valence-electron chi connectivity index (χ0n) is 44.9. The first-order valence-electron chi connectivity index (χ1n) is 27.6. The minimum Gasteiger partial charge on any atom is -0.394 e. The minimum atomic E-state index is -1.94. The first-order valence-corrected chi connectivity index (χ1v) is 27.6. The molecule has 0 spiro atoms. The van der Waals surface area contributed by atoms with Crippen molar-refractivity contribution in [2.45, 2.75) is 243 Å². The third kappa shape index (κ3) is 9.04. The van der Waals surface area contributed by atoms with Crippen LogP contribution in [-0.4, -0.2) is 210 Å². The molecule has 20 nitrogen and oxygen atoms in total. The van der Waals surface area contributed by atoms with Crippen LogP contribution in [0.15, 0.2) is 11.6 Å². The first kappa shape index (κ1) is 57.6. The smallest absolute Gasteiger partial charge is 0.187 e. The Morgan fingerprint density at radius 2 is 1.15 bits per heavy atom. The molecule has 0 radical (unpaired) electrons. The molecule has 31 atom stereocenters. The Hall–Kier alpha value is -1.06. The van der Waals surface area contributed by atoms with E-state index in [2.05, 4.69) is 68.4 Å². The van der Waals surface area contributed by atoms with Crippen LogP contribution in [0.5, 0.6) is 0 Å². The largest absolute Gasteiger partial charge is 0.394 e. The number of aliphatic hydroxyl groups is 12. The van der Waals surface area contributed by atoms with E-state index in [9.17, 15) is 61.3 Å². The van der Waals surface area contributed by atoms with Crippen molar-refractivity contribution in [2.24, 2.45) is 63.1 Å². The zero-order valence-corrected chi connectivity index (χ0v) is 44.9. The molecule has 4 aliphatic heterocycles. The van der Waals surface area contributed by atoms with Gasteiger partial charge in [0.15, 0.2) is 25.2 Å². The van der Waals surface area contributed by atoms with Gasteiger partial charge in [0.25, 0.3) is 0 Å². The summed E-state index contributed by atoms with van der Waals surface area (Å²) in [6.07, 6.45) is -22.8. The van der Waals surface area contributed by atoms with E-state index in [1.54, 1.807) is 0 Å². The van der Waals surface area contributed by atoms with Gasteiger partial charge in [0.05, 0.1) is 37.6 Å². The molecule has 4 unspecified atom stereocenters. The predicted molar refractivity (Wildman–Crippen MR) is 260 cm³/mol. The van der Waals surface area contributed by atoms with Crippen LogP contribution in [-0.2, 0) is 37.9 Å². The molecule has 20 heteroatoms. The molecule has 9 aliphatic rings. The van der Waals surface area contributed by atoms with Gasteiger partial charge in [-0.2, -0.15) is 0 Å². The summed E-state index contributed by atoms with van der Waals surface area (Å²) in [4.78, 5) is 0. The van der Waals surface area contributed by atoms with Crippen molar-refractivity contribution in [3.63, 3.8) is 0 Å². The summed E-state index contributed by atoms with van der Waals surface area (Å²) in [5.74, 6) is 2.17. The number of allylic oxidation sites excluding steroid dienone is 1. The van der Waals surface area contributed by atoms with Gasteiger partial charge >= 0.3 is 0 Å². The third-order valence-corrected chi connectivity index (χ3v) is 22.1. The molecule has 12 N–H and O–H groups in total. The van der Waals surface area contributed by atoms with Crippen molar-refractivity contribution in [1.29, 1.82) is 0 Å². The summed E-state index contributed by atoms with van der Waals surface area (Å²) < 4.78 is 49.7. The molecular formula is C54H90O20. The molecule has 4 saturated carbocycles. The molecule has 426 valence electrons. The van der Waals surface area contributed by atoms with Gasteiger partial charge in [0.2, 0.25) is 0 Å². The molecule has 8 fully saturated rings. The lowest BCUT2D eigenvalue weighted by Gasteiger charge is -2.71. The van der Waals surface area contributed by atoms with Crippen molar-refractivity contribution in [2.75, 3.05) is 19.8 Å². The molecule has 9 rings (SSSR count). The predicted octanol–water partition coefficient (Wildman–Crippen LogP) is 0.205. The van der Waals surface area contributed by atoms with E-state index in [4.69, 9.17) is 37.9 Å². The molecule has 74 heavy (non-hydrogen) atoms. The van der Waals surface area contributed by atoms with Crippen LogP contribution in [0.3, 0.4) is 0 Å². The zero-order chi connectivity index (χ0) is 54.1. The Bertz CT molecular complexity index is 1990. The van der Waals surface area contributed by atoms with E-state index in [-0.39, 0.29) is 34.0 Å². The molecule has 0 aromatic rings. The minimum absolute atomic E-state index is 0.0326. The lowest BCUT2D eigenvalue weighted by Crippen LogP contribution is -2.68. The van der Waals surface area contributed by atoms with Crippen LogP contribution < -0.4 is 0 Å². The fourth-order valence-corrected chi connectivity index (χ4v) is 16.9. The third-order valence-electron chi connectivity index (χ3n) is 22.1. The van der Waals surface area contributed by atoms with Gasteiger partial charge in [-0.15, -0.1) is 0 Å². The second-order valence-electron chi connectivity index (χ2n) is 25.8. The van der Waals surface area contributed by atoms with E-state index in [0.29, 0.717) is 30.1 Å². The SMILES string of the molecule is C[C@@H]1[C@@H](C)[C@@](C)(O)[C@H]2C3=CCC4[C@@]5(C)CCC(O[C@@H]6OC[C@H](O)[C@@H](O[C@@H]7O[C@H](CO)[C@@H](O)[C@H](O)[C@H]7O[C@@H]7O[C@H](CO)[C@@H](O)[C@H](O)[C@H]7O)[C@H]6O[C@@H]6O[C@H](C)[C@H](O)[C@@H](O)[C@H]6O)C(C)(C)C5CC[C@@]4(C)[C@]3(C)CCC2[C@@H]1C. The van der Waals surface area contributed by atoms with Crippen LogP contribution in [0.4, 0.5) is 0 Å². The maximum absolute atomic E-state index is 12.4. The normalized spacial score (nSPS) is 57.5. The number of rotatable bonds is 10. The summed E-state index contributed by atoms with van der Waals surface area (Å²) in [6.45, 7) is 20.4. The fourth-order valence-electron chi connectivity index (χ4n) is 16.9. The van der Waals surface area contributed by atoms with Crippen LogP contribution in [0.1, 0.15) is 114 Å². The van der Waals surface area contributed by atoms with Crippen LogP contribution in [0.2, 0.25) is 0 Å². The highest BCUT2D eigenvalue weighted by atomic mass is 16.8. The Morgan fingerprint density at radius 3 is 1.80 bits per heavy atom. The Kier molecular flexibility index (Phi) is 16.2. The lowest BCUT2D eigenvalue weighted by atomic mass is 9.33. The Labute approximate surface area is 435 Å². The summed E-state index contributed by atoms with van der Waals surface area (Å²) in [5.41, 5.74) is -0.0617. The quantitative estimate of drug-likeness (QED) is 0.103. The maximum atomic E-state index is 12.4. The van der Waals surface area contributed by atoms with Crippen molar-refractivity contribution in [3.8, 4) is 0 Å². The molecule has 4 heterocycles. The van der Waals surface area contributed by atoms with Crippen molar-refractivity contribution < 1.29 is 99.2 Å². The standard InChI is InChI=1S/C54H90O20/c1-22-23(2)26-13-17-52(8)27(34(26)54(10,66)24(22)3)11-12-32-51(7)16-15-33(50(5,6)31(51)14-18-53(32,52)9)71-48-45(74-46-41(64)38(61)35(58)25(4)68-46)43(28(57)21-67-48)72-49-44(40(63)37(60)30(20-56)70-49)73-47-42(65)39(62)36(59)29(19-55)69-47/h11,22-26,28-49,55-66H,12-21H2,1-10H3/t22-,23+,24+,25+,26?,28-,29+,30+,31?,32?,33?,34+,35-,36+,37+,38+,39-,40-,41+,42+,43+,44+,45+,46-,47-,48-,49-,51-,52+,53+,54+/m0/s1. The Balaban J connectivity index is 1.00. The van der Waals surface area contributed by atoms with E-state index in [1.807, 2.05) is 0 Å². The molecule has 0 aromatic carbocycles. The van der Waals surface area contributed by atoms with Crippen LogP contribution >= 0.6 is 0 Å². The highest BCUT2D eigenvalue weighted by Crippen LogP contribution is 2.75. The molecule has 0 aromatic heterocycles. The lowest BCUT2D eigenvalue weighted by molar-refractivity contribution is -0.401. The van der Waals surface area contributed by atoms with E-state index in [0.717, 1.165) is 38.5 Å². The average molecular weight is 1060 g/mol. The summed E-state index contributed by atoms with van der Waals surface area (Å²) in [6, 6.07) is 0. The van der Waals surface area contributed by atoms with Gasteiger partial charge in [0.1, 0.15) is 85.5 Å². The molecule has 4 saturated heterocycles. The molecule has 0 amide bonds. The first-order chi connectivity index (χ1) is 34.6. The van der Waals surface area contributed by atoms with Crippen molar-refractivity contribution in [1.82, 2.24) is 0 Å². The van der Waals surface area contributed by atoms with Gasteiger partial charge in [-0.05, 0) is 116 Å². The summed E-state index contributed by atoms with van der Waals surface area (Å²) in [5, 5.41) is 132. The van der Waals surface area contributed by atoms with Crippen LogP contribution in [0, 0.1) is 63.1 Å². The van der Waals surface area contributed by atoms with Gasteiger partial charge in [-0.3, -0.25) is 0 Å². The Morgan fingerprint density at radius 1 is 0.568 bits per heavy atom. The van der Waals surface area contributed by atoms with E-state index >= 15 is 0 Å². The average Bonchev–Trinajstić information content (AvgIpc) is 3.35. The van der Waals surface area contributed by atoms with Crippen molar-refractivity contribution >= 4 is 0 Å². The maximum Gasteiger partial charge on any atom is 0.187 e. The van der Waals surface area contributed by atoms with Gasteiger partial charge in [-0.25, -0.2) is 0 Å². The summed E-state index contributed by atoms with van der Waals surface area (Å²) >= 11 is 0.